The van der Waals surface area contributed by atoms with Crippen molar-refractivity contribution < 1.29 is 4.79 Å². The summed E-state index contributed by atoms with van der Waals surface area (Å²) in [7, 11) is 0. The molecule has 2 aromatic heterocycles. The van der Waals surface area contributed by atoms with E-state index in [1.165, 1.54) is 6.92 Å². The van der Waals surface area contributed by atoms with E-state index in [4.69, 9.17) is 0 Å². The molecule has 0 radical (unpaired) electrons. The Morgan fingerprint density at radius 1 is 1.25 bits per heavy atom. The van der Waals surface area contributed by atoms with Crippen LogP contribution < -0.4 is 4.74 Å². The first-order valence-electron chi connectivity index (χ1n) is 6.18. The normalized spacial score (nSPS) is 10.9. The van der Waals surface area contributed by atoms with Gasteiger partial charge in [0.2, 0.25) is 4.74 Å². The van der Waals surface area contributed by atoms with Gasteiger partial charge in [0.25, 0.3) is 0 Å². The number of nitrogens with zero attached hydrogens (tertiary/aromatic N) is 2. The second kappa shape index (κ2) is 4.68. The maximum atomic E-state index is 12.0. The monoisotopic (exact) mass is 284 g/mol. The van der Waals surface area contributed by atoms with Crippen LogP contribution in [0.15, 0.2) is 41.2 Å². The molecular weight excluding hydrogens is 272 g/mol. The van der Waals surface area contributed by atoms with Crippen LogP contribution in [0.2, 0.25) is 0 Å². The molecule has 0 unspecified atom stereocenters. The Hall–Kier alpha value is -2.27. The minimum atomic E-state index is -0.220. The van der Waals surface area contributed by atoms with E-state index in [-0.39, 0.29) is 16.1 Å². The van der Waals surface area contributed by atoms with Crippen molar-refractivity contribution in [2.24, 2.45) is 0 Å². The third kappa shape index (κ3) is 1.96. The van der Waals surface area contributed by atoms with Gasteiger partial charge in [-0.05, 0) is 32.0 Å². The Morgan fingerprint density at radius 3 is 2.60 bits per heavy atom. The van der Waals surface area contributed by atoms with Crippen molar-refractivity contribution in [1.29, 1.82) is 0 Å². The quantitative estimate of drug-likeness (QED) is 0.680. The van der Waals surface area contributed by atoms with E-state index in [0.717, 1.165) is 32.9 Å². The molecule has 2 heterocycles. The summed E-state index contributed by atoms with van der Waals surface area (Å²) in [5.41, 5.74) is 1.94. The molecule has 0 saturated carbocycles. The summed E-state index contributed by atoms with van der Waals surface area (Å²) in [6, 6.07) is 11.3. The summed E-state index contributed by atoms with van der Waals surface area (Å²) in [5, 5.41) is 5.33. The first-order valence-corrected chi connectivity index (χ1v) is 6.99. The zero-order valence-corrected chi connectivity index (χ0v) is 11.9. The van der Waals surface area contributed by atoms with Crippen molar-refractivity contribution in [3.63, 3.8) is 0 Å². The zero-order valence-electron chi connectivity index (χ0n) is 11.1. The molecule has 0 atom stereocenters. The SMILES string of the molecule is CC(=O)c1cc2c(C)nn(-c3ccccc3)c2sc1=O. The number of carbonyl (C=O) groups is 1. The molecule has 20 heavy (non-hydrogen) atoms. The van der Waals surface area contributed by atoms with Crippen molar-refractivity contribution in [2.75, 3.05) is 0 Å². The molecule has 5 heteroatoms. The second-order valence-electron chi connectivity index (χ2n) is 4.56. The van der Waals surface area contributed by atoms with Crippen LogP contribution in [0, 0.1) is 6.92 Å². The maximum Gasteiger partial charge on any atom is 0.245 e. The molecule has 0 saturated heterocycles. The van der Waals surface area contributed by atoms with Gasteiger partial charge in [0, 0.05) is 5.39 Å². The number of aryl methyl sites for hydroxylation is 1. The molecule has 0 aliphatic rings. The Bertz CT molecular complexity index is 863. The minimum absolute atomic E-state index is 0.208. The van der Waals surface area contributed by atoms with Crippen molar-refractivity contribution in [1.82, 2.24) is 9.78 Å². The number of aromatic nitrogens is 2. The lowest BCUT2D eigenvalue weighted by atomic mass is 10.2. The summed E-state index contributed by atoms with van der Waals surface area (Å²) in [4.78, 5) is 24.3. The van der Waals surface area contributed by atoms with Crippen molar-refractivity contribution in [2.45, 2.75) is 13.8 Å². The van der Waals surface area contributed by atoms with Gasteiger partial charge in [0.05, 0.1) is 16.9 Å². The number of hydrogen-bond acceptors (Lipinski definition) is 4. The molecule has 1 aromatic carbocycles. The maximum absolute atomic E-state index is 12.0. The van der Waals surface area contributed by atoms with Gasteiger partial charge in [0.15, 0.2) is 5.78 Å². The second-order valence-corrected chi connectivity index (χ2v) is 5.52. The third-order valence-corrected chi connectivity index (χ3v) is 4.13. The van der Waals surface area contributed by atoms with Crippen molar-refractivity contribution >= 4 is 27.3 Å². The molecule has 3 aromatic rings. The minimum Gasteiger partial charge on any atom is -0.294 e. The van der Waals surface area contributed by atoms with Crippen LogP contribution in [0.5, 0.6) is 0 Å². The smallest absolute Gasteiger partial charge is 0.245 e. The van der Waals surface area contributed by atoms with E-state index in [1.54, 1.807) is 10.7 Å². The van der Waals surface area contributed by atoms with Crippen LogP contribution in [0.25, 0.3) is 15.9 Å². The molecule has 3 rings (SSSR count). The number of Topliss-reactive ketones (excluding diaryl/α,β-unsaturated/α-hetero) is 1. The average molecular weight is 284 g/mol. The van der Waals surface area contributed by atoms with Crippen molar-refractivity contribution in [3.05, 3.63) is 57.2 Å². The average Bonchev–Trinajstić information content (AvgIpc) is 2.75. The molecule has 0 aliphatic carbocycles. The fraction of sp³-hybridized carbons (Fsp3) is 0.133. The van der Waals surface area contributed by atoms with Gasteiger partial charge in [-0.15, -0.1) is 0 Å². The molecule has 4 nitrogen and oxygen atoms in total. The standard InChI is InChI=1S/C15H12N2O2S/c1-9-12-8-13(10(2)18)15(19)20-14(12)17(16-9)11-6-4-3-5-7-11/h3-8H,1-2H3. The van der Waals surface area contributed by atoms with Crippen LogP contribution in [-0.4, -0.2) is 15.6 Å². The van der Waals surface area contributed by atoms with Crippen LogP contribution in [0.1, 0.15) is 23.0 Å². The highest BCUT2D eigenvalue weighted by atomic mass is 32.1. The summed E-state index contributed by atoms with van der Waals surface area (Å²) >= 11 is 1.06. The van der Waals surface area contributed by atoms with E-state index in [1.807, 2.05) is 37.3 Å². The number of ketones is 1. The molecule has 0 N–H and O–H groups in total. The number of carbonyl (C=O) groups excluding carboxylic acids is 1. The number of hydrogen-bond donors (Lipinski definition) is 0. The van der Waals surface area contributed by atoms with Gasteiger partial charge in [-0.1, -0.05) is 29.5 Å². The predicted octanol–water partition coefficient (Wildman–Crippen LogP) is 2.96. The molecule has 0 fully saturated rings. The predicted molar refractivity (Wildman–Crippen MR) is 80.0 cm³/mol. The Balaban J connectivity index is 2.35. The van der Waals surface area contributed by atoms with Crippen molar-refractivity contribution in [3.8, 4) is 5.69 Å². The molecule has 100 valence electrons. The highest BCUT2D eigenvalue weighted by molar-refractivity contribution is 7.16. The molecule has 0 spiro atoms. The molecule has 0 aliphatic heterocycles. The zero-order chi connectivity index (χ0) is 14.3. The summed E-state index contributed by atoms with van der Waals surface area (Å²) in [5.74, 6) is -0.208. The number of rotatable bonds is 2. The lowest BCUT2D eigenvalue weighted by Crippen LogP contribution is -2.08. The van der Waals surface area contributed by atoms with Gasteiger partial charge in [-0.2, -0.15) is 5.10 Å². The Morgan fingerprint density at radius 2 is 1.95 bits per heavy atom. The summed E-state index contributed by atoms with van der Waals surface area (Å²) < 4.78 is 1.53. The van der Waals surface area contributed by atoms with Gasteiger partial charge < -0.3 is 0 Å². The Kier molecular flexibility index (Phi) is 2.99. The lowest BCUT2D eigenvalue weighted by Gasteiger charge is -2.02. The fourth-order valence-corrected chi connectivity index (χ4v) is 3.16. The fourth-order valence-electron chi connectivity index (χ4n) is 2.12. The van der Waals surface area contributed by atoms with E-state index >= 15 is 0 Å². The summed E-state index contributed by atoms with van der Waals surface area (Å²) in [6.07, 6.45) is 0. The van der Waals surface area contributed by atoms with Gasteiger partial charge in [0.1, 0.15) is 4.83 Å². The largest absolute Gasteiger partial charge is 0.294 e. The van der Waals surface area contributed by atoms with Gasteiger partial charge in [-0.3, -0.25) is 9.59 Å². The first kappa shape index (κ1) is 12.7. The van der Waals surface area contributed by atoms with Crippen LogP contribution in [0.4, 0.5) is 0 Å². The highest BCUT2D eigenvalue weighted by Crippen LogP contribution is 2.24. The van der Waals surface area contributed by atoms with Gasteiger partial charge in [-0.25, -0.2) is 4.68 Å². The van der Waals surface area contributed by atoms with Gasteiger partial charge >= 0.3 is 0 Å². The highest BCUT2D eigenvalue weighted by Gasteiger charge is 2.15. The molecule has 0 bridgehead atoms. The third-order valence-electron chi connectivity index (χ3n) is 3.14. The lowest BCUT2D eigenvalue weighted by molar-refractivity contribution is 0.101. The number of fused-ring (bicyclic) bond motifs is 1. The van der Waals surface area contributed by atoms with Crippen LogP contribution in [0.3, 0.4) is 0 Å². The number of benzene rings is 1. The topological polar surface area (TPSA) is 52.0 Å². The van der Waals surface area contributed by atoms with E-state index in [9.17, 15) is 9.59 Å². The molecular formula is C15H12N2O2S. The van der Waals surface area contributed by atoms with Crippen LogP contribution in [-0.2, 0) is 0 Å². The Labute approximate surface area is 119 Å². The van der Waals surface area contributed by atoms with Crippen LogP contribution >= 0.6 is 11.3 Å². The summed E-state index contributed by atoms with van der Waals surface area (Å²) in [6.45, 7) is 3.29. The first-order chi connectivity index (χ1) is 9.58. The van der Waals surface area contributed by atoms with E-state index < -0.39 is 0 Å². The number of para-hydroxylation sites is 1. The van der Waals surface area contributed by atoms with E-state index in [2.05, 4.69) is 5.10 Å². The molecule has 0 amide bonds. The van der Waals surface area contributed by atoms with E-state index in [0.29, 0.717) is 0 Å².